The monoisotopic (exact) mass is 265 g/mol. The summed E-state index contributed by atoms with van der Waals surface area (Å²) in [7, 11) is 0. The van der Waals surface area contributed by atoms with Crippen molar-refractivity contribution in [3.8, 4) is 0 Å². The van der Waals surface area contributed by atoms with Gasteiger partial charge in [-0.05, 0) is 44.4 Å². The van der Waals surface area contributed by atoms with Crippen molar-refractivity contribution >= 4 is 11.3 Å². The summed E-state index contributed by atoms with van der Waals surface area (Å²) in [5.41, 5.74) is 0. The van der Waals surface area contributed by atoms with Crippen molar-refractivity contribution < 1.29 is 0 Å². The fourth-order valence-corrected chi connectivity index (χ4v) is 4.21. The molecular formula is C16H27NS. The smallest absolute Gasteiger partial charge is 0.0443 e. The molecule has 0 bridgehead atoms. The van der Waals surface area contributed by atoms with Crippen LogP contribution in [0.5, 0.6) is 0 Å². The summed E-state index contributed by atoms with van der Waals surface area (Å²) in [6.45, 7) is 5.53. The maximum Gasteiger partial charge on any atom is 0.0443 e. The zero-order valence-electron chi connectivity index (χ0n) is 11.9. The highest BCUT2D eigenvalue weighted by atomic mass is 32.1. The molecule has 0 amide bonds. The van der Waals surface area contributed by atoms with Crippen LogP contribution in [0.25, 0.3) is 0 Å². The number of aryl methyl sites for hydroxylation is 1. The van der Waals surface area contributed by atoms with Crippen molar-refractivity contribution in [1.82, 2.24) is 5.32 Å². The molecule has 0 spiro atoms. The summed E-state index contributed by atoms with van der Waals surface area (Å²) in [4.78, 5) is 3.00. The third-order valence-electron chi connectivity index (χ3n) is 4.11. The number of thiophene rings is 1. The first-order chi connectivity index (χ1) is 8.81. The van der Waals surface area contributed by atoms with Gasteiger partial charge in [-0.2, -0.15) is 0 Å². The van der Waals surface area contributed by atoms with Crippen molar-refractivity contribution in [3.63, 3.8) is 0 Å². The third kappa shape index (κ3) is 3.83. The highest BCUT2D eigenvalue weighted by molar-refractivity contribution is 7.12. The quantitative estimate of drug-likeness (QED) is 0.801. The first-order valence-electron chi connectivity index (χ1n) is 7.61. The van der Waals surface area contributed by atoms with E-state index in [1.165, 1.54) is 49.8 Å². The van der Waals surface area contributed by atoms with Gasteiger partial charge in [0, 0.05) is 15.8 Å². The minimum Gasteiger partial charge on any atom is -0.309 e. The molecule has 1 saturated carbocycles. The average Bonchev–Trinajstić information content (AvgIpc) is 2.73. The Kier molecular flexibility index (Phi) is 5.71. The SMILES string of the molecule is CCNC(c1ccc(C)s1)C1CCCCCCC1. The van der Waals surface area contributed by atoms with Gasteiger partial charge in [-0.15, -0.1) is 11.3 Å². The third-order valence-corrected chi connectivity index (χ3v) is 5.20. The van der Waals surface area contributed by atoms with Gasteiger partial charge in [0.15, 0.2) is 0 Å². The lowest BCUT2D eigenvalue weighted by atomic mass is 9.85. The second-order valence-corrected chi connectivity index (χ2v) is 6.91. The van der Waals surface area contributed by atoms with Crippen LogP contribution in [-0.4, -0.2) is 6.54 Å². The van der Waals surface area contributed by atoms with E-state index in [-0.39, 0.29) is 0 Å². The molecule has 1 aromatic rings. The normalized spacial score (nSPS) is 20.3. The molecule has 1 fully saturated rings. The number of hydrogen-bond acceptors (Lipinski definition) is 2. The van der Waals surface area contributed by atoms with Gasteiger partial charge in [-0.3, -0.25) is 0 Å². The minimum absolute atomic E-state index is 0.604. The van der Waals surface area contributed by atoms with E-state index in [1.54, 1.807) is 4.88 Å². The summed E-state index contributed by atoms with van der Waals surface area (Å²) < 4.78 is 0. The van der Waals surface area contributed by atoms with Crippen LogP contribution >= 0.6 is 11.3 Å². The number of nitrogens with one attached hydrogen (secondary N) is 1. The van der Waals surface area contributed by atoms with E-state index in [0.717, 1.165) is 12.5 Å². The highest BCUT2D eigenvalue weighted by Crippen LogP contribution is 2.35. The largest absolute Gasteiger partial charge is 0.309 e. The van der Waals surface area contributed by atoms with E-state index in [4.69, 9.17) is 0 Å². The Morgan fingerprint density at radius 1 is 1.17 bits per heavy atom. The minimum atomic E-state index is 0.604. The van der Waals surface area contributed by atoms with Crippen LogP contribution in [0.3, 0.4) is 0 Å². The predicted octanol–water partition coefficient (Wildman–Crippen LogP) is 5.07. The Bertz CT molecular complexity index is 337. The maximum absolute atomic E-state index is 3.74. The topological polar surface area (TPSA) is 12.0 Å². The molecule has 0 radical (unpaired) electrons. The van der Waals surface area contributed by atoms with Gasteiger partial charge in [-0.1, -0.05) is 39.0 Å². The molecule has 1 aliphatic rings. The van der Waals surface area contributed by atoms with Crippen LogP contribution in [0.4, 0.5) is 0 Å². The number of hydrogen-bond donors (Lipinski definition) is 1. The van der Waals surface area contributed by atoms with Crippen molar-refractivity contribution in [2.45, 2.75) is 64.8 Å². The molecule has 0 aromatic carbocycles. The van der Waals surface area contributed by atoms with Crippen molar-refractivity contribution in [1.29, 1.82) is 0 Å². The maximum atomic E-state index is 3.74. The van der Waals surface area contributed by atoms with Crippen LogP contribution in [0, 0.1) is 12.8 Å². The molecule has 1 aromatic heterocycles. The van der Waals surface area contributed by atoms with Crippen LogP contribution in [-0.2, 0) is 0 Å². The lowest BCUT2D eigenvalue weighted by molar-refractivity contribution is 0.294. The van der Waals surface area contributed by atoms with E-state index in [0.29, 0.717) is 6.04 Å². The molecule has 0 aliphatic heterocycles. The molecule has 2 heteroatoms. The predicted molar refractivity (Wildman–Crippen MR) is 81.3 cm³/mol. The second-order valence-electron chi connectivity index (χ2n) is 5.59. The van der Waals surface area contributed by atoms with Gasteiger partial charge in [0.05, 0.1) is 0 Å². The Hall–Kier alpha value is -0.340. The molecular weight excluding hydrogens is 238 g/mol. The van der Waals surface area contributed by atoms with Crippen LogP contribution in [0.2, 0.25) is 0 Å². The van der Waals surface area contributed by atoms with E-state index in [1.807, 2.05) is 11.3 Å². The summed E-state index contributed by atoms with van der Waals surface area (Å²) in [5, 5.41) is 3.74. The summed E-state index contributed by atoms with van der Waals surface area (Å²) in [5.74, 6) is 0.850. The number of rotatable bonds is 4. The second kappa shape index (κ2) is 7.30. The molecule has 1 unspecified atom stereocenters. The van der Waals surface area contributed by atoms with Crippen LogP contribution in [0.15, 0.2) is 12.1 Å². The summed E-state index contributed by atoms with van der Waals surface area (Å²) in [6, 6.07) is 5.21. The van der Waals surface area contributed by atoms with Crippen molar-refractivity contribution in [3.05, 3.63) is 21.9 Å². The van der Waals surface area contributed by atoms with Gasteiger partial charge in [0.2, 0.25) is 0 Å². The van der Waals surface area contributed by atoms with Gasteiger partial charge in [0.25, 0.3) is 0 Å². The van der Waals surface area contributed by atoms with E-state index < -0.39 is 0 Å². The first-order valence-corrected chi connectivity index (χ1v) is 8.42. The van der Waals surface area contributed by atoms with Crippen molar-refractivity contribution in [2.24, 2.45) is 5.92 Å². The fraction of sp³-hybridized carbons (Fsp3) is 0.750. The van der Waals surface area contributed by atoms with Gasteiger partial charge >= 0.3 is 0 Å². The zero-order valence-corrected chi connectivity index (χ0v) is 12.7. The molecule has 102 valence electrons. The lowest BCUT2D eigenvalue weighted by Crippen LogP contribution is -2.28. The van der Waals surface area contributed by atoms with Gasteiger partial charge in [0.1, 0.15) is 0 Å². The van der Waals surface area contributed by atoms with Crippen LogP contribution < -0.4 is 5.32 Å². The van der Waals surface area contributed by atoms with Gasteiger partial charge < -0.3 is 5.32 Å². The van der Waals surface area contributed by atoms with E-state index in [2.05, 4.69) is 31.3 Å². The Morgan fingerprint density at radius 3 is 2.39 bits per heavy atom. The lowest BCUT2D eigenvalue weighted by Gasteiger charge is -2.28. The van der Waals surface area contributed by atoms with Crippen molar-refractivity contribution in [2.75, 3.05) is 6.54 Å². The zero-order chi connectivity index (χ0) is 12.8. The molecule has 1 N–H and O–H groups in total. The molecule has 1 atom stereocenters. The molecule has 0 saturated heterocycles. The molecule has 18 heavy (non-hydrogen) atoms. The molecule has 2 rings (SSSR count). The summed E-state index contributed by atoms with van der Waals surface area (Å²) >= 11 is 1.98. The standard InChI is InChI=1S/C16H27NS/c1-3-17-16(15-12-11-13(2)18-15)14-9-7-5-4-6-8-10-14/h11-12,14,16-17H,3-10H2,1-2H3. The Labute approximate surface area is 116 Å². The van der Waals surface area contributed by atoms with E-state index in [9.17, 15) is 0 Å². The Morgan fingerprint density at radius 2 is 1.83 bits per heavy atom. The van der Waals surface area contributed by atoms with Gasteiger partial charge in [-0.25, -0.2) is 0 Å². The molecule has 1 nitrogen and oxygen atoms in total. The van der Waals surface area contributed by atoms with Crippen LogP contribution in [0.1, 0.15) is 67.7 Å². The highest BCUT2D eigenvalue weighted by Gasteiger charge is 2.23. The average molecular weight is 265 g/mol. The summed E-state index contributed by atoms with van der Waals surface area (Å²) in [6.07, 6.45) is 10.0. The first kappa shape index (κ1) is 14.1. The molecule has 1 aliphatic carbocycles. The fourth-order valence-electron chi connectivity index (χ4n) is 3.16. The van der Waals surface area contributed by atoms with E-state index >= 15 is 0 Å². The Balaban J connectivity index is 2.07. The molecule has 1 heterocycles.